The highest BCUT2D eigenvalue weighted by molar-refractivity contribution is 7.89. The van der Waals surface area contributed by atoms with Gasteiger partial charge >= 0.3 is 6.09 Å². The van der Waals surface area contributed by atoms with Crippen LogP contribution in [0.5, 0.6) is 11.5 Å². The highest BCUT2D eigenvalue weighted by atomic mass is 32.2. The third-order valence-electron chi connectivity index (χ3n) is 7.20. The maximum absolute atomic E-state index is 13.8. The van der Waals surface area contributed by atoms with Crippen molar-refractivity contribution in [2.24, 2.45) is 11.8 Å². The Labute approximate surface area is 261 Å². The summed E-state index contributed by atoms with van der Waals surface area (Å²) in [6.07, 6.45) is -1.19. The average Bonchev–Trinajstić information content (AvgIpc) is 3.42. The van der Waals surface area contributed by atoms with Crippen molar-refractivity contribution < 1.29 is 37.3 Å². The van der Waals surface area contributed by atoms with Crippen molar-refractivity contribution in [3.05, 3.63) is 54.1 Å². The fourth-order valence-electron chi connectivity index (χ4n) is 4.76. The van der Waals surface area contributed by atoms with Crippen LogP contribution in [0.25, 0.3) is 0 Å². The fraction of sp³-hybridized carbons (Fsp3) is 0.562. The van der Waals surface area contributed by atoms with Crippen LogP contribution in [0.4, 0.5) is 4.79 Å². The van der Waals surface area contributed by atoms with Crippen molar-refractivity contribution in [2.45, 2.75) is 90.0 Å². The number of aliphatic hydroxyl groups excluding tert-OH is 1. The molecule has 1 aliphatic rings. The van der Waals surface area contributed by atoms with E-state index < -0.39 is 45.8 Å². The predicted octanol–water partition coefficient (Wildman–Crippen LogP) is 4.09. The number of carbonyl (C=O) groups is 2. The zero-order valence-electron chi connectivity index (χ0n) is 26.7. The number of hydrogen-bond donors (Lipinski definition) is 3. The standard InChI is InChI=1S/C32H47N3O8S/c1-8-22(4)29(34-31(38)43-32(5,6)7)30(37)33-25(16-23-12-10-9-11-13-23)26(36)19-35(18-21(2)3)44(39,40)24-14-15-27-28(17-24)42-20-41-27/h9-15,17,21-22,25-26,29,36H,8,16,18-20H2,1-7H3,(H,33,37)(H,34,38). The third kappa shape index (κ3) is 9.83. The van der Waals surface area contributed by atoms with Crippen molar-refractivity contribution in [3.63, 3.8) is 0 Å². The minimum absolute atomic E-state index is 0.00848. The van der Waals surface area contributed by atoms with Crippen LogP contribution in [-0.4, -0.2) is 73.5 Å². The van der Waals surface area contributed by atoms with Crippen LogP contribution >= 0.6 is 0 Å². The summed E-state index contributed by atoms with van der Waals surface area (Å²) in [6, 6.07) is 11.9. The van der Waals surface area contributed by atoms with Crippen LogP contribution in [-0.2, 0) is 26.0 Å². The molecule has 4 unspecified atom stereocenters. The molecule has 0 radical (unpaired) electrons. The molecule has 1 aliphatic heterocycles. The number of alkyl carbamates (subject to hydrolysis) is 1. The van der Waals surface area contributed by atoms with Gasteiger partial charge in [0.25, 0.3) is 0 Å². The first-order valence-corrected chi connectivity index (χ1v) is 16.5. The second-order valence-corrected chi connectivity index (χ2v) is 14.6. The Balaban J connectivity index is 1.89. The van der Waals surface area contributed by atoms with Gasteiger partial charge in [-0.2, -0.15) is 4.31 Å². The average molecular weight is 634 g/mol. The number of rotatable bonds is 14. The van der Waals surface area contributed by atoms with E-state index >= 15 is 0 Å². The third-order valence-corrected chi connectivity index (χ3v) is 9.03. The Bertz CT molecular complexity index is 1360. The highest BCUT2D eigenvalue weighted by Crippen LogP contribution is 2.35. The number of amides is 2. The lowest BCUT2D eigenvalue weighted by atomic mass is 9.96. The monoisotopic (exact) mass is 633 g/mol. The predicted molar refractivity (Wildman–Crippen MR) is 167 cm³/mol. The quantitative estimate of drug-likeness (QED) is 0.282. The summed E-state index contributed by atoms with van der Waals surface area (Å²) in [6.45, 7) is 12.6. The number of fused-ring (bicyclic) bond motifs is 1. The van der Waals surface area contributed by atoms with Crippen molar-refractivity contribution in [2.75, 3.05) is 19.9 Å². The number of carbonyl (C=O) groups excluding carboxylic acids is 2. The van der Waals surface area contributed by atoms with Crippen molar-refractivity contribution in [3.8, 4) is 11.5 Å². The second kappa shape index (κ2) is 15.1. The van der Waals surface area contributed by atoms with Crippen LogP contribution in [0.1, 0.15) is 60.5 Å². The molecule has 244 valence electrons. The zero-order chi connectivity index (χ0) is 32.7. The van der Waals surface area contributed by atoms with Gasteiger partial charge in [-0.3, -0.25) is 4.79 Å². The lowest BCUT2D eigenvalue weighted by molar-refractivity contribution is -0.126. The van der Waals surface area contributed by atoms with E-state index in [1.54, 1.807) is 26.8 Å². The second-order valence-electron chi connectivity index (χ2n) is 12.6. The Hall–Kier alpha value is -3.35. The number of benzene rings is 2. The van der Waals surface area contributed by atoms with E-state index in [9.17, 15) is 23.1 Å². The van der Waals surface area contributed by atoms with Crippen LogP contribution in [0, 0.1) is 11.8 Å². The maximum Gasteiger partial charge on any atom is 0.408 e. The Morgan fingerprint density at radius 1 is 1.00 bits per heavy atom. The van der Waals surface area contributed by atoms with Gasteiger partial charge in [-0.05, 0) is 56.7 Å². The summed E-state index contributed by atoms with van der Waals surface area (Å²) >= 11 is 0. The highest BCUT2D eigenvalue weighted by Gasteiger charge is 2.35. The Morgan fingerprint density at radius 2 is 1.66 bits per heavy atom. The van der Waals surface area contributed by atoms with Crippen molar-refractivity contribution in [1.82, 2.24) is 14.9 Å². The molecule has 0 bridgehead atoms. The number of ether oxygens (including phenoxy) is 3. The van der Waals surface area contributed by atoms with Crippen LogP contribution in [0.2, 0.25) is 0 Å². The summed E-state index contributed by atoms with van der Waals surface area (Å²) in [4.78, 5) is 26.3. The summed E-state index contributed by atoms with van der Waals surface area (Å²) in [5, 5.41) is 17.2. The van der Waals surface area contributed by atoms with E-state index in [0.717, 1.165) is 5.56 Å². The molecule has 0 saturated carbocycles. The van der Waals surface area contributed by atoms with Crippen LogP contribution < -0.4 is 20.1 Å². The molecule has 0 saturated heterocycles. The van der Waals surface area contributed by atoms with Gasteiger partial charge in [0.05, 0.1) is 17.0 Å². The number of nitrogens with zero attached hydrogens (tertiary/aromatic N) is 1. The normalized spacial score (nSPS) is 15.9. The first kappa shape index (κ1) is 35.1. The smallest absolute Gasteiger partial charge is 0.408 e. The van der Waals surface area contributed by atoms with Crippen molar-refractivity contribution >= 4 is 22.0 Å². The van der Waals surface area contributed by atoms with Gasteiger partial charge < -0.3 is 30.0 Å². The molecule has 0 spiro atoms. The topological polar surface area (TPSA) is 143 Å². The van der Waals surface area contributed by atoms with Crippen molar-refractivity contribution in [1.29, 1.82) is 0 Å². The molecule has 44 heavy (non-hydrogen) atoms. The molecule has 3 rings (SSSR count). The molecule has 2 amide bonds. The molecule has 2 aromatic carbocycles. The maximum atomic E-state index is 13.8. The van der Waals surface area contributed by atoms with Gasteiger partial charge in [0.2, 0.25) is 22.7 Å². The molecule has 1 heterocycles. The summed E-state index contributed by atoms with van der Waals surface area (Å²) in [5.41, 5.74) is 0.0849. The molecule has 0 fully saturated rings. The molecular formula is C32H47N3O8S. The summed E-state index contributed by atoms with van der Waals surface area (Å²) in [5.74, 6) is -0.0131. The van der Waals surface area contributed by atoms with Gasteiger partial charge in [0.1, 0.15) is 11.6 Å². The van der Waals surface area contributed by atoms with E-state index in [4.69, 9.17) is 14.2 Å². The molecule has 0 aliphatic carbocycles. The molecule has 3 N–H and O–H groups in total. The van der Waals surface area contributed by atoms with Crippen LogP contribution in [0.15, 0.2) is 53.4 Å². The van der Waals surface area contributed by atoms with Gasteiger partial charge in [-0.15, -0.1) is 0 Å². The van der Waals surface area contributed by atoms with Gasteiger partial charge in [-0.1, -0.05) is 64.4 Å². The molecule has 11 nitrogen and oxygen atoms in total. The Morgan fingerprint density at radius 3 is 2.27 bits per heavy atom. The Kier molecular flexibility index (Phi) is 12.0. The van der Waals surface area contributed by atoms with Crippen LogP contribution in [0.3, 0.4) is 0 Å². The minimum atomic E-state index is -4.06. The van der Waals surface area contributed by atoms with E-state index in [2.05, 4.69) is 10.6 Å². The molecule has 4 atom stereocenters. The fourth-order valence-corrected chi connectivity index (χ4v) is 6.40. The van der Waals surface area contributed by atoms with Gasteiger partial charge in [0, 0.05) is 19.2 Å². The number of hydrogen-bond acceptors (Lipinski definition) is 8. The lowest BCUT2D eigenvalue weighted by Gasteiger charge is -2.32. The SMILES string of the molecule is CCC(C)C(NC(=O)OC(C)(C)C)C(=O)NC(Cc1ccccc1)C(O)CN(CC(C)C)S(=O)(=O)c1ccc2c(c1)OCO2. The molecule has 2 aromatic rings. The number of aliphatic hydroxyl groups is 1. The summed E-state index contributed by atoms with van der Waals surface area (Å²) in [7, 11) is -4.06. The lowest BCUT2D eigenvalue weighted by Crippen LogP contribution is -2.57. The van der Waals surface area contributed by atoms with E-state index in [1.807, 2.05) is 58.0 Å². The van der Waals surface area contributed by atoms with E-state index in [-0.39, 0.29) is 43.0 Å². The molecule has 0 aromatic heterocycles. The van der Waals surface area contributed by atoms with Gasteiger partial charge in [-0.25, -0.2) is 13.2 Å². The van der Waals surface area contributed by atoms with E-state index in [0.29, 0.717) is 17.9 Å². The largest absolute Gasteiger partial charge is 0.454 e. The number of sulfonamides is 1. The number of nitrogens with one attached hydrogen (secondary N) is 2. The molecule has 12 heteroatoms. The van der Waals surface area contributed by atoms with Gasteiger partial charge in [0.15, 0.2) is 11.5 Å². The van der Waals surface area contributed by atoms with E-state index in [1.165, 1.54) is 16.4 Å². The minimum Gasteiger partial charge on any atom is -0.454 e. The first-order chi connectivity index (χ1) is 20.6. The molecular weight excluding hydrogens is 586 g/mol. The first-order valence-electron chi connectivity index (χ1n) is 15.0. The summed E-state index contributed by atoms with van der Waals surface area (Å²) < 4.78 is 45.0. The zero-order valence-corrected chi connectivity index (χ0v) is 27.5.